The van der Waals surface area contributed by atoms with E-state index >= 15 is 0 Å². The zero-order valence-corrected chi connectivity index (χ0v) is 19.4. The summed E-state index contributed by atoms with van der Waals surface area (Å²) >= 11 is 0. The van der Waals surface area contributed by atoms with E-state index in [9.17, 15) is 26.4 Å². The summed E-state index contributed by atoms with van der Waals surface area (Å²) in [5.74, 6) is -0.515. The first kappa shape index (κ1) is 26.1. The molecule has 0 atom stereocenters. The minimum absolute atomic E-state index is 0.0444. The Balaban J connectivity index is 2.00. The smallest absolute Gasteiger partial charge is 0.389 e. The molecule has 0 spiro atoms. The molecule has 0 aliphatic carbocycles. The van der Waals surface area contributed by atoms with Crippen LogP contribution in [0.4, 0.5) is 13.2 Å². The fourth-order valence-electron chi connectivity index (χ4n) is 3.93. The van der Waals surface area contributed by atoms with Crippen LogP contribution < -0.4 is 0 Å². The molecular weight excluding hydrogens is 435 g/mol. The van der Waals surface area contributed by atoms with Crippen LogP contribution >= 0.6 is 0 Å². The Labute approximate surface area is 183 Å². The Morgan fingerprint density at radius 2 is 1.71 bits per heavy atom. The minimum atomic E-state index is -4.15. The number of carbonyl (C=O) groups excluding carboxylic acids is 1. The van der Waals surface area contributed by atoms with E-state index in [1.54, 1.807) is 26.8 Å². The molecule has 0 aromatic rings. The van der Waals surface area contributed by atoms with Crippen LogP contribution in [0.25, 0.3) is 0 Å². The van der Waals surface area contributed by atoms with Gasteiger partial charge in [-0.05, 0) is 52.4 Å². The molecular formula is C21H34F3NO5S. The van der Waals surface area contributed by atoms with Crippen molar-refractivity contribution < 1.29 is 35.9 Å². The number of sulfonamides is 1. The molecule has 2 aliphatic rings. The van der Waals surface area contributed by atoms with Crippen LogP contribution in [-0.4, -0.2) is 61.5 Å². The van der Waals surface area contributed by atoms with Crippen molar-refractivity contribution >= 4 is 16.0 Å². The van der Waals surface area contributed by atoms with Gasteiger partial charge in [-0.2, -0.15) is 13.2 Å². The standard InChI is InChI=1S/C21H34F3NO5S/c1-19(2,3)30-18(26)20(11-15-29-16-12-20)31(27,28)25-13-8-17(9-14-25)7-5-4-6-10-21(22,23)24/h4-5,17H,6-16H2,1-3H3/b5-4+. The van der Waals surface area contributed by atoms with Gasteiger partial charge in [-0.25, -0.2) is 12.7 Å². The number of esters is 1. The third kappa shape index (κ3) is 7.18. The number of rotatable bonds is 7. The van der Waals surface area contributed by atoms with E-state index in [0.717, 1.165) is 0 Å². The predicted molar refractivity (Wildman–Crippen MR) is 111 cm³/mol. The molecule has 2 fully saturated rings. The second kappa shape index (κ2) is 10.2. The van der Waals surface area contributed by atoms with Crippen molar-refractivity contribution in [2.45, 2.75) is 82.2 Å². The fraction of sp³-hybridized carbons (Fsp3) is 0.857. The van der Waals surface area contributed by atoms with Crippen molar-refractivity contribution in [3.63, 3.8) is 0 Å². The molecule has 0 aromatic heterocycles. The summed E-state index contributed by atoms with van der Waals surface area (Å²) in [6.07, 6.45) is 0.200. The number of hydrogen-bond donors (Lipinski definition) is 0. The molecule has 2 aliphatic heterocycles. The fourth-order valence-corrected chi connectivity index (χ4v) is 6.05. The normalized spacial score (nSPS) is 22.0. The second-order valence-corrected chi connectivity index (χ2v) is 11.6. The lowest BCUT2D eigenvalue weighted by atomic mass is 9.94. The van der Waals surface area contributed by atoms with Crippen molar-refractivity contribution in [3.05, 3.63) is 12.2 Å². The molecule has 0 bridgehead atoms. The molecule has 0 unspecified atom stereocenters. The van der Waals surface area contributed by atoms with E-state index in [2.05, 4.69) is 0 Å². The van der Waals surface area contributed by atoms with Gasteiger partial charge < -0.3 is 9.47 Å². The van der Waals surface area contributed by atoms with Gasteiger partial charge in [0.05, 0.1) is 0 Å². The van der Waals surface area contributed by atoms with Crippen LogP contribution in [-0.2, 0) is 24.3 Å². The maximum absolute atomic E-state index is 13.5. The lowest BCUT2D eigenvalue weighted by molar-refractivity contribution is -0.161. The first-order valence-corrected chi connectivity index (χ1v) is 12.2. The Hall–Kier alpha value is -1.13. The summed E-state index contributed by atoms with van der Waals surface area (Å²) in [6, 6.07) is 0. The molecule has 2 rings (SSSR count). The summed E-state index contributed by atoms with van der Waals surface area (Å²) in [4.78, 5) is 13.0. The van der Waals surface area contributed by atoms with E-state index in [1.807, 2.05) is 0 Å². The highest BCUT2D eigenvalue weighted by molar-refractivity contribution is 7.91. The van der Waals surface area contributed by atoms with Gasteiger partial charge in [-0.1, -0.05) is 12.2 Å². The zero-order chi connectivity index (χ0) is 23.3. The molecule has 0 radical (unpaired) electrons. The number of allylic oxidation sites excluding steroid dienone is 2. The van der Waals surface area contributed by atoms with Crippen molar-refractivity contribution in [2.75, 3.05) is 26.3 Å². The average Bonchev–Trinajstić information content (AvgIpc) is 2.66. The Morgan fingerprint density at radius 1 is 1.13 bits per heavy atom. The highest BCUT2D eigenvalue weighted by atomic mass is 32.2. The van der Waals surface area contributed by atoms with Gasteiger partial charge in [0.25, 0.3) is 0 Å². The number of piperidine rings is 1. The maximum Gasteiger partial charge on any atom is 0.389 e. The van der Waals surface area contributed by atoms with Gasteiger partial charge in [0.15, 0.2) is 4.75 Å². The second-order valence-electron chi connectivity index (χ2n) is 9.32. The molecule has 6 nitrogen and oxygen atoms in total. The maximum atomic E-state index is 13.5. The van der Waals surface area contributed by atoms with Crippen LogP contribution in [0.5, 0.6) is 0 Å². The lowest BCUT2D eigenvalue weighted by Crippen LogP contribution is -2.59. The topological polar surface area (TPSA) is 72.9 Å². The molecule has 2 saturated heterocycles. The predicted octanol–water partition coefficient (Wildman–Crippen LogP) is 4.21. The number of nitrogens with zero attached hydrogens (tertiary/aromatic N) is 1. The number of alkyl halides is 3. The van der Waals surface area contributed by atoms with Gasteiger partial charge >= 0.3 is 12.1 Å². The van der Waals surface area contributed by atoms with Crippen molar-refractivity contribution in [2.24, 2.45) is 5.92 Å². The lowest BCUT2D eigenvalue weighted by Gasteiger charge is -2.41. The number of ether oxygens (including phenoxy) is 2. The molecule has 180 valence electrons. The van der Waals surface area contributed by atoms with E-state index in [0.29, 0.717) is 19.3 Å². The van der Waals surface area contributed by atoms with Crippen LogP contribution in [0.2, 0.25) is 0 Å². The monoisotopic (exact) mass is 469 g/mol. The van der Waals surface area contributed by atoms with E-state index in [4.69, 9.17) is 9.47 Å². The quantitative estimate of drug-likeness (QED) is 0.413. The van der Waals surface area contributed by atoms with Gasteiger partial charge in [-0.3, -0.25) is 4.79 Å². The molecule has 10 heteroatoms. The SMILES string of the molecule is CC(C)(C)OC(=O)C1(S(=O)(=O)N2CCC(C/C=C/CCC(F)(F)F)CC2)CCOCC1. The largest absolute Gasteiger partial charge is 0.459 e. The van der Waals surface area contributed by atoms with E-state index in [1.165, 1.54) is 10.4 Å². The highest BCUT2D eigenvalue weighted by Gasteiger charge is 2.56. The minimum Gasteiger partial charge on any atom is -0.459 e. The third-order valence-corrected chi connectivity index (χ3v) is 8.32. The molecule has 0 aromatic carbocycles. The molecule has 0 N–H and O–H groups in total. The van der Waals surface area contributed by atoms with Crippen LogP contribution in [0.1, 0.15) is 65.7 Å². The van der Waals surface area contributed by atoms with Crippen molar-refractivity contribution in [1.29, 1.82) is 0 Å². The number of carbonyl (C=O) groups is 1. The van der Waals surface area contributed by atoms with Gasteiger partial charge in [-0.15, -0.1) is 0 Å². The Morgan fingerprint density at radius 3 is 2.23 bits per heavy atom. The van der Waals surface area contributed by atoms with Crippen LogP contribution in [0.3, 0.4) is 0 Å². The third-order valence-electron chi connectivity index (χ3n) is 5.71. The summed E-state index contributed by atoms with van der Waals surface area (Å²) in [6.45, 7) is 6.05. The summed E-state index contributed by atoms with van der Waals surface area (Å²) < 4.78 is 74.2. The van der Waals surface area contributed by atoms with Gasteiger partial charge in [0.1, 0.15) is 5.60 Å². The van der Waals surface area contributed by atoms with E-state index in [-0.39, 0.29) is 51.5 Å². The first-order chi connectivity index (χ1) is 14.3. The zero-order valence-electron chi connectivity index (χ0n) is 18.5. The van der Waals surface area contributed by atoms with Crippen LogP contribution in [0.15, 0.2) is 12.2 Å². The summed E-state index contributed by atoms with van der Waals surface area (Å²) in [7, 11) is -3.95. The van der Waals surface area contributed by atoms with Crippen molar-refractivity contribution in [3.8, 4) is 0 Å². The molecule has 31 heavy (non-hydrogen) atoms. The van der Waals surface area contributed by atoms with Gasteiger partial charge in [0.2, 0.25) is 10.0 Å². The van der Waals surface area contributed by atoms with Crippen LogP contribution in [0, 0.1) is 5.92 Å². The van der Waals surface area contributed by atoms with Crippen molar-refractivity contribution in [1.82, 2.24) is 4.31 Å². The molecule has 0 saturated carbocycles. The molecule has 0 amide bonds. The summed E-state index contributed by atoms with van der Waals surface area (Å²) in [5, 5.41) is 0. The Bertz CT molecular complexity index is 729. The molecule has 2 heterocycles. The Kier molecular flexibility index (Phi) is 8.60. The average molecular weight is 470 g/mol. The first-order valence-electron chi connectivity index (χ1n) is 10.8. The highest BCUT2D eigenvalue weighted by Crippen LogP contribution is 2.37. The van der Waals surface area contributed by atoms with E-state index < -0.39 is 38.9 Å². The van der Waals surface area contributed by atoms with Gasteiger partial charge in [0, 0.05) is 45.6 Å². The number of halogens is 3. The summed E-state index contributed by atoms with van der Waals surface area (Å²) in [5.41, 5.74) is -0.802. The number of hydrogen-bond acceptors (Lipinski definition) is 5.